The normalized spacial score (nSPS) is 10.9. The number of hydrogen-bond acceptors (Lipinski definition) is 3. The summed E-state index contributed by atoms with van der Waals surface area (Å²) in [6.07, 6.45) is 1.61. The second kappa shape index (κ2) is 6.19. The summed E-state index contributed by atoms with van der Waals surface area (Å²) in [5, 5.41) is 6.66. The van der Waals surface area contributed by atoms with E-state index in [2.05, 4.69) is 10.5 Å². The molecule has 1 aromatic carbocycles. The summed E-state index contributed by atoms with van der Waals surface area (Å²) in [4.78, 5) is 12.8. The van der Waals surface area contributed by atoms with Crippen molar-refractivity contribution < 1.29 is 4.79 Å². The van der Waals surface area contributed by atoms with E-state index in [1.807, 2.05) is 18.4 Å². The first-order valence-corrected chi connectivity index (χ1v) is 7.04. The van der Waals surface area contributed by atoms with Gasteiger partial charge in [0.2, 0.25) is 0 Å². The number of carbonyl (C=O) groups is 1. The molecule has 0 saturated heterocycles. The van der Waals surface area contributed by atoms with Crippen molar-refractivity contribution in [1.29, 1.82) is 0 Å². The van der Waals surface area contributed by atoms with Crippen molar-refractivity contribution in [1.82, 2.24) is 5.43 Å². The van der Waals surface area contributed by atoms with Crippen LogP contribution < -0.4 is 5.43 Å². The molecular formula is C13H10Cl2N2OS. The van der Waals surface area contributed by atoms with Crippen molar-refractivity contribution in [2.75, 3.05) is 0 Å². The lowest BCUT2D eigenvalue weighted by Crippen LogP contribution is -2.17. The summed E-state index contributed by atoms with van der Waals surface area (Å²) >= 11 is 13.3. The van der Waals surface area contributed by atoms with Gasteiger partial charge in [-0.2, -0.15) is 5.10 Å². The molecule has 0 aliphatic rings. The van der Waals surface area contributed by atoms with E-state index in [1.54, 1.807) is 29.7 Å². The maximum Gasteiger partial charge on any atom is 0.272 e. The summed E-state index contributed by atoms with van der Waals surface area (Å²) < 4.78 is 0. The van der Waals surface area contributed by atoms with Crippen LogP contribution in [-0.4, -0.2) is 12.1 Å². The highest BCUT2D eigenvalue weighted by atomic mass is 35.5. The lowest BCUT2D eigenvalue weighted by atomic mass is 10.2. The summed E-state index contributed by atoms with van der Waals surface area (Å²) in [6, 6.07) is 6.68. The number of carbonyl (C=O) groups excluding carboxylic acids is 1. The average Bonchev–Trinajstić information content (AvgIpc) is 2.75. The molecule has 0 radical (unpaired) electrons. The monoisotopic (exact) mass is 312 g/mol. The van der Waals surface area contributed by atoms with Crippen LogP contribution in [0.5, 0.6) is 0 Å². The van der Waals surface area contributed by atoms with Crippen LogP contribution in [0, 0.1) is 6.92 Å². The fourth-order valence-corrected chi connectivity index (χ4v) is 2.68. The molecule has 3 nitrogen and oxygen atoms in total. The Morgan fingerprint density at radius 2 is 2.16 bits per heavy atom. The number of benzene rings is 1. The van der Waals surface area contributed by atoms with Crippen LogP contribution >= 0.6 is 34.5 Å². The van der Waals surface area contributed by atoms with Crippen molar-refractivity contribution in [3.05, 3.63) is 55.7 Å². The largest absolute Gasteiger partial charge is 0.272 e. The van der Waals surface area contributed by atoms with Crippen molar-refractivity contribution >= 4 is 46.7 Å². The number of nitrogens with zero attached hydrogens (tertiary/aromatic N) is 1. The molecule has 1 amide bonds. The van der Waals surface area contributed by atoms with Gasteiger partial charge in [0.05, 0.1) is 16.8 Å². The molecule has 2 rings (SSSR count). The predicted molar refractivity (Wildman–Crippen MR) is 80.6 cm³/mol. The molecule has 1 N–H and O–H groups in total. The third kappa shape index (κ3) is 3.56. The molecule has 2 aromatic rings. The lowest BCUT2D eigenvalue weighted by molar-refractivity contribution is 0.0955. The number of hydrazone groups is 1. The highest BCUT2D eigenvalue weighted by molar-refractivity contribution is 7.11. The van der Waals surface area contributed by atoms with Gasteiger partial charge in [-0.05, 0) is 42.1 Å². The van der Waals surface area contributed by atoms with Gasteiger partial charge in [-0.3, -0.25) is 4.79 Å². The Labute approximate surface area is 124 Å². The quantitative estimate of drug-likeness (QED) is 0.672. The molecule has 0 fully saturated rings. The van der Waals surface area contributed by atoms with Crippen molar-refractivity contribution in [2.45, 2.75) is 6.92 Å². The van der Waals surface area contributed by atoms with Gasteiger partial charge in [0.1, 0.15) is 0 Å². The number of halogens is 2. The van der Waals surface area contributed by atoms with Crippen molar-refractivity contribution in [2.24, 2.45) is 5.10 Å². The van der Waals surface area contributed by atoms with Gasteiger partial charge >= 0.3 is 0 Å². The standard InChI is InChI=1S/C13H10Cl2N2OS/c1-8-4-5-19-12(8)7-16-17-13(18)10-3-2-9(14)6-11(10)15/h2-7H,1H3,(H,17,18). The Balaban J connectivity index is 2.06. The Hall–Kier alpha value is -1.36. The van der Waals surface area contributed by atoms with Crippen LogP contribution in [0.4, 0.5) is 0 Å². The maximum atomic E-state index is 11.8. The number of amides is 1. The van der Waals surface area contributed by atoms with Gasteiger partial charge in [0.25, 0.3) is 5.91 Å². The minimum absolute atomic E-state index is 0.299. The molecule has 0 aliphatic carbocycles. The fourth-order valence-electron chi connectivity index (χ4n) is 1.40. The van der Waals surface area contributed by atoms with E-state index in [4.69, 9.17) is 23.2 Å². The molecule has 0 aliphatic heterocycles. The van der Waals surface area contributed by atoms with Crippen LogP contribution in [0.15, 0.2) is 34.7 Å². The van der Waals surface area contributed by atoms with Crippen LogP contribution in [0.1, 0.15) is 20.8 Å². The van der Waals surface area contributed by atoms with Crippen LogP contribution in [0.25, 0.3) is 0 Å². The van der Waals surface area contributed by atoms with Gasteiger partial charge in [-0.25, -0.2) is 5.43 Å². The summed E-state index contributed by atoms with van der Waals surface area (Å²) in [7, 11) is 0. The Morgan fingerprint density at radius 1 is 1.37 bits per heavy atom. The van der Waals surface area contributed by atoms with E-state index in [0.717, 1.165) is 10.4 Å². The molecule has 0 saturated carbocycles. The smallest absolute Gasteiger partial charge is 0.267 e. The second-order valence-electron chi connectivity index (χ2n) is 3.79. The second-order valence-corrected chi connectivity index (χ2v) is 5.58. The lowest BCUT2D eigenvalue weighted by Gasteiger charge is -2.02. The first kappa shape index (κ1) is 14.1. The molecule has 0 unspecified atom stereocenters. The van der Waals surface area contributed by atoms with Crippen LogP contribution in [0.2, 0.25) is 10.0 Å². The Kier molecular flexibility index (Phi) is 4.58. The molecule has 1 heterocycles. The first-order valence-electron chi connectivity index (χ1n) is 5.40. The molecule has 19 heavy (non-hydrogen) atoms. The highest BCUT2D eigenvalue weighted by Gasteiger charge is 2.09. The van der Waals surface area contributed by atoms with Gasteiger partial charge < -0.3 is 0 Å². The number of hydrogen-bond donors (Lipinski definition) is 1. The van der Waals surface area contributed by atoms with Crippen LogP contribution in [0.3, 0.4) is 0 Å². The summed E-state index contributed by atoms with van der Waals surface area (Å²) in [5.74, 6) is -0.368. The van der Waals surface area contributed by atoms with Crippen LogP contribution in [-0.2, 0) is 0 Å². The number of thiophene rings is 1. The van der Waals surface area contributed by atoms with Gasteiger partial charge in [0.15, 0.2) is 0 Å². The minimum atomic E-state index is -0.368. The molecule has 1 aromatic heterocycles. The minimum Gasteiger partial charge on any atom is -0.267 e. The fraction of sp³-hybridized carbons (Fsp3) is 0.0769. The van der Waals surface area contributed by atoms with E-state index in [1.165, 1.54) is 6.07 Å². The molecule has 0 bridgehead atoms. The van der Waals surface area contributed by atoms with E-state index in [-0.39, 0.29) is 5.91 Å². The number of aryl methyl sites for hydroxylation is 1. The number of nitrogens with one attached hydrogen (secondary N) is 1. The summed E-state index contributed by atoms with van der Waals surface area (Å²) in [6.45, 7) is 1.98. The third-order valence-corrected chi connectivity index (χ3v) is 3.93. The van der Waals surface area contributed by atoms with Crippen molar-refractivity contribution in [3.8, 4) is 0 Å². The van der Waals surface area contributed by atoms with Gasteiger partial charge in [-0.15, -0.1) is 11.3 Å². The summed E-state index contributed by atoms with van der Waals surface area (Å²) in [5.41, 5.74) is 3.89. The average molecular weight is 313 g/mol. The maximum absolute atomic E-state index is 11.8. The molecule has 98 valence electrons. The molecule has 0 atom stereocenters. The first-order chi connectivity index (χ1) is 9.08. The van der Waals surface area contributed by atoms with E-state index >= 15 is 0 Å². The third-order valence-electron chi connectivity index (χ3n) is 2.43. The zero-order chi connectivity index (χ0) is 13.8. The van der Waals surface area contributed by atoms with Gasteiger partial charge in [-0.1, -0.05) is 23.2 Å². The van der Waals surface area contributed by atoms with Crippen molar-refractivity contribution in [3.63, 3.8) is 0 Å². The van der Waals surface area contributed by atoms with Gasteiger partial charge in [0, 0.05) is 9.90 Å². The van der Waals surface area contributed by atoms with E-state index in [9.17, 15) is 4.79 Å². The Morgan fingerprint density at radius 3 is 2.79 bits per heavy atom. The van der Waals surface area contributed by atoms with E-state index in [0.29, 0.717) is 15.6 Å². The zero-order valence-corrected chi connectivity index (χ0v) is 12.3. The van der Waals surface area contributed by atoms with E-state index < -0.39 is 0 Å². The number of rotatable bonds is 3. The topological polar surface area (TPSA) is 41.5 Å². The molecule has 6 heteroatoms. The SMILES string of the molecule is Cc1ccsc1C=NNC(=O)c1ccc(Cl)cc1Cl. The molecule has 0 spiro atoms. The Bertz CT molecular complexity index is 637. The molecular weight excluding hydrogens is 303 g/mol. The zero-order valence-electron chi connectivity index (χ0n) is 9.98. The predicted octanol–water partition coefficient (Wildman–Crippen LogP) is 4.13. The highest BCUT2D eigenvalue weighted by Crippen LogP contribution is 2.20.